The second-order valence-corrected chi connectivity index (χ2v) is 6.52. The lowest BCUT2D eigenvalue weighted by molar-refractivity contribution is -0.116. The first-order valence-corrected chi connectivity index (χ1v) is 8.85. The fourth-order valence-electron chi connectivity index (χ4n) is 2.28. The number of nitrogens with zero attached hydrogens (tertiary/aromatic N) is 2. The fourth-order valence-corrected chi connectivity index (χ4v) is 3.22. The lowest BCUT2D eigenvalue weighted by atomic mass is 10.3. The predicted octanol–water partition coefficient (Wildman–Crippen LogP) is 4.30. The van der Waals surface area contributed by atoms with Gasteiger partial charge in [0.15, 0.2) is 10.6 Å². The van der Waals surface area contributed by atoms with Crippen molar-refractivity contribution in [1.29, 1.82) is 0 Å². The normalized spacial score (nSPS) is 10.9. The van der Waals surface area contributed by atoms with Gasteiger partial charge in [0, 0.05) is 18.7 Å². The van der Waals surface area contributed by atoms with Crippen LogP contribution in [0, 0.1) is 4.77 Å². The Labute approximate surface area is 156 Å². The van der Waals surface area contributed by atoms with Gasteiger partial charge in [-0.2, -0.15) is 13.9 Å². The molecule has 0 saturated heterocycles. The molecule has 26 heavy (non-hydrogen) atoms. The zero-order valence-electron chi connectivity index (χ0n) is 13.3. The Hall–Kier alpha value is -2.59. The number of anilines is 1. The van der Waals surface area contributed by atoms with Gasteiger partial charge in [-0.15, -0.1) is 11.3 Å². The highest BCUT2D eigenvalue weighted by Crippen LogP contribution is 2.23. The summed E-state index contributed by atoms with van der Waals surface area (Å²) in [7, 11) is 0. The van der Waals surface area contributed by atoms with E-state index in [1.54, 1.807) is 4.57 Å². The first-order valence-electron chi connectivity index (χ1n) is 7.57. The van der Waals surface area contributed by atoms with E-state index in [0.717, 1.165) is 4.88 Å². The van der Waals surface area contributed by atoms with Gasteiger partial charge in [0.05, 0.1) is 4.88 Å². The minimum absolute atomic E-state index is 0.0308. The van der Waals surface area contributed by atoms with Crippen LogP contribution in [0.25, 0.3) is 10.7 Å². The number of aromatic amines is 1. The number of thiophene rings is 1. The number of ether oxygens (including phenoxy) is 1. The summed E-state index contributed by atoms with van der Waals surface area (Å²) in [5.41, 5.74) is 0.492. The molecule has 1 aromatic carbocycles. The van der Waals surface area contributed by atoms with Crippen LogP contribution >= 0.6 is 23.6 Å². The SMILES string of the molecule is O=C(CCn1c(-c2cccs2)n[nH]c1=S)Nc1ccc(OC(F)F)cc1. The van der Waals surface area contributed by atoms with E-state index in [0.29, 0.717) is 22.8 Å². The van der Waals surface area contributed by atoms with Crippen LogP contribution in [0.4, 0.5) is 14.5 Å². The average molecular weight is 396 g/mol. The zero-order valence-corrected chi connectivity index (χ0v) is 14.9. The van der Waals surface area contributed by atoms with Crippen LogP contribution in [-0.2, 0) is 11.3 Å². The third-order valence-corrected chi connectivity index (χ3v) is 4.60. The third kappa shape index (κ3) is 4.52. The Morgan fingerprint density at radius 2 is 2.12 bits per heavy atom. The van der Waals surface area contributed by atoms with Gasteiger partial charge < -0.3 is 10.1 Å². The standard InChI is InChI=1S/C16H14F2N4O2S2/c17-15(18)24-11-5-3-10(4-6-11)19-13(23)7-8-22-14(20-21-16(22)25)12-2-1-9-26-12/h1-6,9,15H,7-8H2,(H,19,23)(H,21,25). The first-order chi connectivity index (χ1) is 12.5. The summed E-state index contributed by atoms with van der Waals surface area (Å²) in [4.78, 5) is 13.1. The number of nitrogens with one attached hydrogen (secondary N) is 2. The summed E-state index contributed by atoms with van der Waals surface area (Å²) < 4.78 is 30.7. The molecule has 0 aliphatic rings. The van der Waals surface area contributed by atoms with E-state index in [2.05, 4.69) is 20.3 Å². The Morgan fingerprint density at radius 1 is 1.35 bits per heavy atom. The predicted molar refractivity (Wildman–Crippen MR) is 97.0 cm³/mol. The smallest absolute Gasteiger partial charge is 0.387 e. The highest BCUT2D eigenvalue weighted by molar-refractivity contribution is 7.71. The Kier molecular flexibility index (Phi) is 5.74. The summed E-state index contributed by atoms with van der Waals surface area (Å²) >= 11 is 6.75. The molecule has 3 rings (SSSR count). The Balaban J connectivity index is 1.60. The number of carbonyl (C=O) groups excluding carboxylic acids is 1. The number of alkyl halides is 2. The van der Waals surface area contributed by atoms with Gasteiger partial charge in [-0.1, -0.05) is 6.07 Å². The maximum atomic E-state index is 12.1. The number of rotatable bonds is 7. The minimum Gasteiger partial charge on any atom is -0.435 e. The van der Waals surface area contributed by atoms with Crippen molar-refractivity contribution in [3.05, 3.63) is 46.5 Å². The van der Waals surface area contributed by atoms with E-state index < -0.39 is 6.61 Å². The largest absolute Gasteiger partial charge is 0.435 e. The molecule has 0 spiro atoms. The molecule has 0 aliphatic heterocycles. The quantitative estimate of drug-likeness (QED) is 0.584. The lowest BCUT2D eigenvalue weighted by Gasteiger charge is -2.08. The number of aromatic nitrogens is 3. The molecular formula is C16H14F2N4O2S2. The molecule has 0 radical (unpaired) electrons. The number of H-pyrrole nitrogens is 1. The summed E-state index contributed by atoms with van der Waals surface area (Å²) in [5.74, 6) is 0.488. The van der Waals surface area contributed by atoms with Crippen molar-refractivity contribution in [3.8, 4) is 16.5 Å². The molecule has 0 saturated carbocycles. The van der Waals surface area contributed by atoms with Crippen molar-refractivity contribution in [3.63, 3.8) is 0 Å². The third-order valence-electron chi connectivity index (χ3n) is 3.43. The number of benzene rings is 1. The Bertz CT molecular complexity index is 921. The molecule has 3 aromatic rings. The molecule has 0 fully saturated rings. The van der Waals surface area contributed by atoms with Gasteiger partial charge >= 0.3 is 6.61 Å². The topological polar surface area (TPSA) is 71.9 Å². The summed E-state index contributed by atoms with van der Waals surface area (Å²) in [6.07, 6.45) is 0.182. The van der Waals surface area contributed by atoms with Gasteiger partial charge in [-0.05, 0) is 47.9 Å². The lowest BCUT2D eigenvalue weighted by Crippen LogP contribution is -2.15. The summed E-state index contributed by atoms with van der Waals surface area (Å²) in [6.45, 7) is -2.52. The second-order valence-electron chi connectivity index (χ2n) is 5.18. The van der Waals surface area contributed by atoms with Gasteiger partial charge in [0.25, 0.3) is 0 Å². The summed E-state index contributed by atoms with van der Waals surface area (Å²) in [5, 5.41) is 11.6. The maximum Gasteiger partial charge on any atom is 0.387 e. The molecule has 1 amide bonds. The van der Waals surface area contributed by atoms with Gasteiger partial charge in [-0.25, -0.2) is 0 Å². The van der Waals surface area contributed by atoms with Crippen molar-refractivity contribution in [1.82, 2.24) is 14.8 Å². The summed E-state index contributed by atoms with van der Waals surface area (Å²) in [6, 6.07) is 9.56. The first kappa shape index (κ1) is 18.2. The molecule has 10 heteroatoms. The Morgan fingerprint density at radius 3 is 2.77 bits per heavy atom. The van der Waals surface area contributed by atoms with Crippen LogP contribution in [0.1, 0.15) is 6.42 Å². The number of hydrogen-bond donors (Lipinski definition) is 2. The molecule has 2 heterocycles. The maximum absolute atomic E-state index is 12.1. The highest BCUT2D eigenvalue weighted by atomic mass is 32.1. The number of carbonyl (C=O) groups is 1. The van der Waals surface area contributed by atoms with Gasteiger partial charge in [-0.3, -0.25) is 14.5 Å². The van der Waals surface area contributed by atoms with Crippen LogP contribution in [0.3, 0.4) is 0 Å². The van der Waals surface area contributed by atoms with Crippen molar-refractivity contribution in [2.45, 2.75) is 19.6 Å². The van der Waals surface area contributed by atoms with Crippen LogP contribution in [0.5, 0.6) is 5.75 Å². The van der Waals surface area contributed by atoms with Crippen LogP contribution < -0.4 is 10.1 Å². The van der Waals surface area contributed by atoms with Crippen LogP contribution in [0.15, 0.2) is 41.8 Å². The van der Waals surface area contributed by atoms with Crippen molar-refractivity contribution < 1.29 is 18.3 Å². The highest BCUT2D eigenvalue weighted by Gasteiger charge is 2.12. The van der Waals surface area contributed by atoms with Gasteiger partial charge in [0.2, 0.25) is 5.91 Å². The van der Waals surface area contributed by atoms with E-state index >= 15 is 0 Å². The molecule has 0 unspecified atom stereocenters. The zero-order chi connectivity index (χ0) is 18.5. The van der Waals surface area contributed by atoms with E-state index in [4.69, 9.17) is 12.2 Å². The average Bonchev–Trinajstić information content (AvgIpc) is 3.24. The number of hydrogen-bond acceptors (Lipinski definition) is 5. The second kappa shape index (κ2) is 8.19. The molecule has 2 N–H and O–H groups in total. The monoisotopic (exact) mass is 396 g/mol. The number of amides is 1. The van der Waals surface area contributed by atoms with E-state index in [1.807, 2.05) is 17.5 Å². The molecule has 2 aromatic heterocycles. The van der Waals surface area contributed by atoms with Crippen LogP contribution in [-0.4, -0.2) is 27.3 Å². The van der Waals surface area contributed by atoms with Crippen molar-refractivity contribution in [2.75, 3.05) is 5.32 Å². The van der Waals surface area contributed by atoms with Crippen LogP contribution in [0.2, 0.25) is 0 Å². The number of halogens is 2. The minimum atomic E-state index is -2.88. The van der Waals surface area contributed by atoms with Crippen molar-refractivity contribution >= 4 is 35.1 Å². The molecule has 0 aliphatic carbocycles. The van der Waals surface area contributed by atoms with E-state index in [-0.39, 0.29) is 18.1 Å². The molecule has 0 bridgehead atoms. The van der Waals surface area contributed by atoms with Crippen molar-refractivity contribution in [2.24, 2.45) is 0 Å². The van der Waals surface area contributed by atoms with Gasteiger partial charge in [0.1, 0.15) is 5.75 Å². The molecular weight excluding hydrogens is 382 g/mol. The molecule has 0 atom stereocenters. The van der Waals surface area contributed by atoms with E-state index in [9.17, 15) is 13.6 Å². The van der Waals surface area contributed by atoms with E-state index in [1.165, 1.54) is 35.6 Å². The molecule has 6 nitrogen and oxygen atoms in total. The fraction of sp³-hybridized carbons (Fsp3) is 0.188. The molecule has 136 valence electrons.